The monoisotopic (exact) mass is 538 g/mol. The van der Waals surface area contributed by atoms with Gasteiger partial charge in [-0.25, -0.2) is 0 Å². The number of anilines is 2. The maximum Gasteiger partial charge on any atom is 0.103 e. The Labute approximate surface area is 230 Å². The van der Waals surface area contributed by atoms with E-state index in [9.17, 15) is 6.63 Å². The van der Waals surface area contributed by atoms with E-state index in [1.54, 1.807) is 12.1 Å². The summed E-state index contributed by atoms with van der Waals surface area (Å²) in [5.41, 5.74) is 9.34. The third kappa shape index (κ3) is 6.04. The van der Waals surface area contributed by atoms with E-state index in [0.29, 0.717) is 55.7 Å². The first-order valence-corrected chi connectivity index (χ1v) is 12.8. The molecule has 0 amide bonds. The minimum Gasteiger partial charge on any atom is -0.383 e. The van der Waals surface area contributed by atoms with Crippen molar-refractivity contribution in [3.05, 3.63) is 75.7 Å². The number of pyridine rings is 1. The summed E-state index contributed by atoms with van der Waals surface area (Å²) < 4.78 is 9.69. The lowest BCUT2D eigenvalue weighted by molar-refractivity contribution is 0.138. The molecule has 0 bridgehead atoms. The van der Waals surface area contributed by atoms with Crippen molar-refractivity contribution in [2.24, 2.45) is 5.41 Å². The molecule has 0 aliphatic carbocycles. The highest BCUT2D eigenvalue weighted by atomic mass is 35.5. The van der Waals surface area contributed by atoms with Crippen molar-refractivity contribution in [2.75, 3.05) is 17.2 Å². The molecule has 2 aromatic carbocycles. The van der Waals surface area contributed by atoms with E-state index in [4.69, 9.17) is 23.2 Å². The molecule has 9 heteroatoms. The minimum absolute atomic E-state index is 0.0189. The number of hydrazine groups is 2. The molecule has 4 N–H and O–H groups in total. The van der Waals surface area contributed by atoms with E-state index in [0.717, 1.165) is 0 Å². The molecule has 0 saturated carbocycles. The fourth-order valence-corrected chi connectivity index (χ4v) is 4.35. The van der Waals surface area contributed by atoms with Crippen LogP contribution in [0.4, 0.5) is 11.4 Å². The predicted octanol–water partition coefficient (Wildman–Crippen LogP) is 6.99. The van der Waals surface area contributed by atoms with Crippen LogP contribution in [0, 0.1) is 16.7 Å². The van der Waals surface area contributed by atoms with Crippen molar-refractivity contribution in [2.45, 2.75) is 53.1 Å². The van der Waals surface area contributed by atoms with Crippen LogP contribution in [0.3, 0.4) is 0 Å². The molecular weight excluding hydrogens is 505 g/mol. The highest BCUT2D eigenvalue weighted by Gasteiger charge is 2.29. The highest BCUT2D eigenvalue weighted by Crippen LogP contribution is 2.37. The summed E-state index contributed by atoms with van der Waals surface area (Å²) in [6, 6.07) is 11.6. The first kappa shape index (κ1) is 25.5. The molecule has 0 fully saturated rings. The van der Waals surface area contributed by atoms with Crippen LogP contribution in [0.5, 0.6) is 0 Å². The lowest BCUT2D eigenvalue weighted by atomic mass is 9.96. The molecule has 194 valence electrons. The highest BCUT2D eigenvalue weighted by molar-refractivity contribution is 6.36. The fraction of sp³-hybridized carbons (Fsp3) is 0.357. The summed E-state index contributed by atoms with van der Waals surface area (Å²) >= 11 is 13.3. The van der Waals surface area contributed by atoms with Gasteiger partial charge in [0.05, 0.1) is 34.9 Å². The first-order chi connectivity index (χ1) is 17.7. The Balaban J connectivity index is 1.86. The van der Waals surface area contributed by atoms with E-state index in [1.165, 1.54) is 6.20 Å². The Morgan fingerprint density at radius 3 is 2.49 bits per heavy atom. The number of fused-ring (bicyclic) bond motifs is 1. The van der Waals surface area contributed by atoms with Crippen molar-refractivity contribution in [3.8, 4) is 6.07 Å². The topological polar surface area (TPSA) is 88.0 Å². The van der Waals surface area contributed by atoms with Gasteiger partial charge >= 0.3 is 0 Å². The molecule has 1 aliphatic rings. The number of nitrogens with one attached hydrogen (secondary N) is 4. The van der Waals surface area contributed by atoms with Gasteiger partial charge in [0.25, 0.3) is 0 Å². The number of hydrogen-bond acceptors (Lipinski definition) is 7. The summed E-state index contributed by atoms with van der Waals surface area (Å²) in [4.78, 5) is 4.45. The zero-order chi connectivity index (χ0) is 27.9. The van der Waals surface area contributed by atoms with Gasteiger partial charge in [0, 0.05) is 40.6 Å². The number of nitrogens with zero attached hydrogens (tertiary/aromatic N) is 3. The van der Waals surface area contributed by atoms with Gasteiger partial charge in [-0.2, -0.15) is 5.26 Å². The van der Waals surface area contributed by atoms with Gasteiger partial charge in [0.2, 0.25) is 0 Å². The fourth-order valence-electron chi connectivity index (χ4n) is 3.85. The second-order valence-corrected chi connectivity index (χ2v) is 12.0. The summed E-state index contributed by atoms with van der Waals surface area (Å²) in [5.74, 6) is 0. The van der Waals surface area contributed by atoms with E-state index >= 15 is 0 Å². The van der Waals surface area contributed by atoms with Crippen LogP contribution in [0.25, 0.3) is 10.9 Å². The van der Waals surface area contributed by atoms with Crippen LogP contribution in [0.15, 0.2) is 54.5 Å². The summed E-state index contributed by atoms with van der Waals surface area (Å²) in [6.07, 6.45) is 3.39. The van der Waals surface area contributed by atoms with Gasteiger partial charge < -0.3 is 16.1 Å². The van der Waals surface area contributed by atoms with Crippen LogP contribution in [-0.2, 0) is 0 Å². The Kier molecular flexibility index (Phi) is 7.09. The van der Waals surface area contributed by atoms with Gasteiger partial charge in [-0.15, -0.1) is 5.53 Å². The van der Waals surface area contributed by atoms with Gasteiger partial charge in [-0.1, -0.05) is 62.2 Å². The number of halogens is 2. The Hall–Kier alpha value is -3.18. The van der Waals surface area contributed by atoms with Gasteiger partial charge in [0.15, 0.2) is 0 Å². The maximum absolute atomic E-state index is 9.80. The average Bonchev–Trinajstić information content (AvgIpc) is 3.34. The van der Waals surface area contributed by atoms with Crippen LogP contribution in [0.2, 0.25) is 10.0 Å². The molecule has 1 aromatic heterocycles. The van der Waals surface area contributed by atoms with Crippen molar-refractivity contribution < 1.29 is 1.37 Å². The Morgan fingerprint density at radius 2 is 1.86 bits per heavy atom. The molecule has 3 aromatic rings. The summed E-state index contributed by atoms with van der Waals surface area (Å²) in [5, 5.41) is 20.0. The second kappa shape index (κ2) is 10.3. The lowest BCUT2D eigenvalue weighted by Crippen LogP contribution is -2.47. The molecule has 0 radical (unpaired) electrons. The molecule has 4 rings (SSSR count). The normalized spacial score (nSPS) is 15.9. The SMILES string of the molecule is [2H][C@](Nc1cc(Cl)c2ncc(C#N)c(NCC(C)(C)C)c2c1)(C1=CN(C(C)(C)C)NN1)c1ccccc1Cl. The Morgan fingerprint density at radius 1 is 1.14 bits per heavy atom. The van der Waals surface area contributed by atoms with E-state index in [2.05, 4.69) is 74.2 Å². The van der Waals surface area contributed by atoms with Gasteiger partial charge in [0.1, 0.15) is 6.07 Å². The summed E-state index contributed by atoms with van der Waals surface area (Å²) in [6.45, 7) is 13.2. The molecule has 2 heterocycles. The van der Waals surface area contributed by atoms with Crippen LogP contribution >= 0.6 is 23.2 Å². The predicted molar refractivity (Wildman–Crippen MR) is 153 cm³/mol. The first-order valence-electron chi connectivity index (χ1n) is 12.6. The largest absolute Gasteiger partial charge is 0.383 e. The third-order valence-corrected chi connectivity index (χ3v) is 6.43. The maximum atomic E-state index is 9.80. The molecule has 1 aliphatic heterocycles. The van der Waals surface area contributed by atoms with Gasteiger partial charge in [-0.05, 0) is 49.9 Å². The quantitative estimate of drug-likeness (QED) is 0.269. The van der Waals surface area contributed by atoms with Crippen molar-refractivity contribution >= 4 is 45.5 Å². The smallest absolute Gasteiger partial charge is 0.103 e. The zero-order valence-electron chi connectivity index (χ0n) is 22.9. The van der Waals surface area contributed by atoms with Crippen LogP contribution < -0.4 is 21.6 Å². The number of rotatable bonds is 6. The Bertz CT molecular complexity index is 1440. The molecule has 0 unspecified atom stereocenters. The van der Waals surface area contributed by atoms with E-state index < -0.39 is 6.02 Å². The van der Waals surface area contributed by atoms with Crippen LogP contribution in [-0.4, -0.2) is 22.1 Å². The zero-order valence-corrected chi connectivity index (χ0v) is 23.4. The molecule has 0 saturated heterocycles. The van der Waals surface area contributed by atoms with E-state index in [1.807, 2.05) is 35.5 Å². The standard InChI is InChI=1S/C28H33Cl2N7/c1-27(2,3)16-33-24-17(13-31)14-32-25-20(24)11-18(12-22(25)30)34-26(19-9-7-8-10-21(19)29)23-15-37(36-35-23)28(4,5)6/h7-12,14-15,26,34-36H,16H2,1-6H3,(H,32,33)/t26-/m1/s1/i26D. The number of aromatic nitrogens is 1. The van der Waals surface area contributed by atoms with E-state index in [-0.39, 0.29) is 11.0 Å². The lowest BCUT2D eigenvalue weighted by Gasteiger charge is -2.30. The van der Waals surface area contributed by atoms with Crippen molar-refractivity contribution in [1.82, 2.24) is 21.0 Å². The number of benzene rings is 2. The molecule has 37 heavy (non-hydrogen) atoms. The number of nitriles is 1. The van der Waals surface area contributed by atoms with Gasteiger partial charge in [-0.3, -0.25) is 9.99 Å². The number of hydrogen-bond donors (Lipinski definition) is 4. The summed E-state index contributed by atoms with van der Waals surface area (Å²) in [7, 11) is 0. The molecule has 1 atom stereocenters. The van der Waals surface area contributed by atoms with Crippen molar-refractivity contribution in [1.29, 1.82) is 5.26 Å². The third-order valence-electron chi connectivity index (χ3n) is 5.81. The molecular formula is C28H33Cl2N7. The second-order valence-electron chi connectivity index (χ2n) is 11.2. The molecule has 7 nitrogen and oxygen atoms in total. The van der Waals surface area contributed by atoms with Crippen molar-refractivity contribution in [3.63, 3.8) is 0 Å². The molecule has 0 spiro atoms. The minimum atomic E-state index is -1.51. The average molecular weight is 540 g/mol. The van der Waals surface area contributed by atoms with Crippen LogP contribution in [0.1, 0.15) is 60.1 Å².